The largest absolute Gasteiger partial charge is 0.508 e. The van der Waals surface area contributed by atoms with Crippen LogP contribution in [0.15, 0.2) is 36.4 Å². The zero-order chi connectivity index (χ0) is 12.4. The van der Waals surface area contributed by atoms with Gasteiger partial charge in [0.1, 0.15) is 5.75 Å². The molecular formula is C14H14O3. The average Bonchev–Trinajstić information content (AvgIpc) is 2.33. The van der Waals surface area contributed by atoms with Crippen molar-refractivity contribution in [3.63, 3.8) is 0 Å². The van der Waals surface area contributed by atoms with E-state index in [1.807, 2.05) is 13.0 Å². The SMILES string of the molecule is CCc1cc(-c2ccc(O)c(O)c2)ccc1O. The first-order chi connectivity index (χ1) is 8.11. The van der Waals surface area contributed by atoms with Crippen molar-refractivity contribution in [1.82, 2.24) is 0 Å². The van der Waals surface area contributed by atoms with Crippen molar-refractivity contribution in [2.24, 2.45) is 0 Å². The van der Waals surface area contributed by atoms with E-state index >= 15 is 0 Å². The molecule has 0 aliphatic rings. The molecule has 0 fully saturated rings. The highest BCUT2D eigenvalue weighted by molar-refractivity contribution is 5.68. The van der Waals surface area contributed by atoms with Crippen LogP contribution in [0.2, 0.25) is 0 Å². The molecule has 3 nitrogen and oxygen atoms in total. The topological polar surface area (TPSA) is 60.7 Å². The lowest BCUT2D eigenvalue weighted by atomic mass is 10.0. The first-order valence-corrected chi connectivity index (χ1v) is 5.46. The molecule has 0 bridgehead atoms. The van der Waals surface area contributed by atoms with Crippen LogP contribution < -0.4 is 0 Å². The Hall–Kier alpha value is -2.16. The molecule has 0 spiro atoms. The lowest BCUT2D eigenvalue weighted by Gasteiger charge is -2.07. The van der Waals surface area contributed by atoms with Gasteiger partial charge >= 0.3 is 0 Å². The van der Waals surface area contributed by atoms with Crippen LogP contribution in [-0.4, -0.2) is 15.3 Å². The van der Waals surface area contributed by atoms with Gasteiger partial charge in [-0.2, -0.15) is 0 Å². The molecule has 0 aliphatic carbocycles. The number of aryl methyl sites for hydroxylation is 1. The Kier molecular flexibility index (Phi) is 2.91. The van der Waals surface area contributed by atoms with E-state index in [1.165, 1.54) is 12.1 Å². The summed E-state index contributed by atoms with van der Waals surface area (Å²) >= 11 is 0. The Morgan fingerprint density at radius 1 is 0.765 bits per heavy atom. The zero-order valence-corrected chi connectivity index (χ0v) is 9.51. The van der Waals surface area contributed by atoms with Crippen LogP contribution in [0.4, 0.5) is 0 Å². The molecule has 2 aromatic carbocycles. The van der Waals surface area contributed by atoms with E-state index in [1.54, 1.807) is 18.2 Å². The predicted octanol–water partition coefficient (Wildman–Crippen LogP) is 3.03. The van der Waals surface area contributed by atoms with Crippen molar-refractivity contribution in [1.29, 1.82) is 0 Å². The van der Waals surface area contributed by atoms with Crippen LogP contribution in [0.1, 0.15) is 12.5 Å². The summed E-state index contributed by atoms with van der Waals surface area (Å²) in [5, 5.41) is 28.3. The number of rotatable bonds is 2. The molecule has 0 aromatic heterocycles. The van der Waals surface area contributed by atoms with Crippen LogP contribution in [0, 0.1) is 0 Å². The van der Waals surface area contributed by atoms with Crippen molar-refractivity contribution in [2.45, 2.75) is 13.3 Å². The van der Waals surface area contributed by atoms with E-state index in [0.29, 0.717) is 0 Å². The summed E-state index contributed by atoms with van der Waals surface area (Å²) < 4.78 is 0. The van der Waals surface area contributed by atoms with Crippen LogP contribution in [0.25, 0.3) is 11.1 Å². The first-order valence-electron chi connectivity index (χ1n) is 5.46. The standard InChI is InChI=1S/C14H14O3/c1-2-9-7-10(3-5-12(9)15)11-4-6-13(16)14(17)8-11/h3-8,15-17H,2H2,1H3. The molecule has 0 saturated heterocycles. The molecule has 3 N–H and O–H groups in total. The summed E-state index contributed by atoms with van der Waals surface area (Å²) in [6.07, 6.45) is 0.740. The molecule has 0 aliphatic heterocycles. The molecule has 0 radical (unpaired) electrons. The summed E-state index contributed by atoms with van der Waals surface area (Å²) in [5.41, 5.74) is 2.56. The Balaban J connectivity index is 2.49. The van der Waals surface area contributed by atoms with Crippen LogP contribution in [0.3, 0.4) is 0 Å². The molecule has 88 valence electrons. The Morgan fingerprint density at radius 2 is 1.35 bits per heavy atom. The molecule has 0 atom stereocenters. The maximum absolute atomic E-state index is 9.59. The van der Waals surface area contributed by atoms with Gasteiger partial charge in [0, 0.05) is 0 Å². The van der Waals surface area contributed by atoms with Gasteiger partial charge in [-0.15, -0.1) is 0 Å². The van der Waals surface area contributed by atoms with Gasteiger partial charge in [-0.3, -0.25) is 0 Å². The predicted molar refractivity (Wildman–Crippen MR) is 66.3 cm³/mol. The van der Waals surface area contributed by atoms with Gasteiger partial charge in [-0.1, -0.05) is 19.1 Å². The Bertz CT molecular complexity index is 547. The summed E-state index contributed by atoms with van der Waals surface area (Å²) in [5.74, 6) is -0.00360. The fraction of sp³-hybridized carbons (Fsp3) is 0.143. The van der Waals surface area contributed by atoms with Gasteiger partial charge in [0.2, 0.25) is 0 Å². The molecule has 2 rings (SSSR count). The van der Waals surface area contributed by atoms with Crippen molar-refractivity contribution in [2.75, 3.05) is 0 Å². The highest BCUT2D eigenvalue weighted by Crippen LogP contribution is 2.32. The number of hydrogen-bond acceptors (Lipinski definition) is 3. The second-order valence-electron chi connectivity index (χ2n) is 3.90. The number of aromatic hydroxyl groups is 3. The van der Waals surface area contributed by atoms with Crippen molar-refractivity contribution in [3.05, 3.63) is 42.0 Å². The minimum atomic E-state index is -0.145. The molecule has 0 heterocycles. The molecule has 3 heteroatoms. The molecule has 0 saturated carbocycles. The van der Waals surface area contributed by atoms with Gasteiger partial charge in [0.05, 0.1) is 0 Å². The number of phenols is 3. The summed E-state index contributed by atoms with van der Waals surface area (Å²) in [6.45, 7) is 1.97. The van der Waals surface area contributed by atoms with Crippen molar-refractivity contribution >= 4 is 0 Å². The van der Waals surface area contributed by atoms with E-state index in [9.17, 15) is 15.3 Å². The van der Waals surface area contributed by atoms with Crippen LogP contribution in [0.5, 0.6) is 17.2 Å². The molecule has 17 heavy (non-hydrogen) atoms. The number of benzene rings is 2. The quantitative estimate of drug-likeness (QED) is 0.695. The first kappa shape index (κ1) is 11.3. The highest BCUT2D eigenvalue weighted by atomic mass is 16.3. The van der Waals surface area contributed by atoms with E-state index < -0.39 is 0 Å². The third-order valence-corrected chi connectivity index (χ3v) is 2.77. The monoisotopic (exact) mass is 230 g/mol. The molecule has 0 unspecified atom stereocenters. The van der Waals surface area contributed by atoms with E-state index in [-0.39, 0.29) is 17.2 Å². The Morgan fingerprint density at radius 3 is 1.94 bits per heavy atom. The summed E-state index contributed by atoms with van der Waals surface area (Å²) in [4.78, 5) is 0. The third kappa shape index (κ3) is 2.18. The lowest BCUT2D eigenvalue weighted by molar-refractivity contribution is 0.404. The van der Waals surface area contributed by atoms with Crippen molar-refractivity contribution in [3.8, 4) is 28.4 Å². The normalized spacial score (nSPS) is 10.4. The minimum Gasteiger partial charge on any atom is -0.508 e. The van der Waals surface area contributed by atoms with Gasteiger partial charge in [-0.25, -0.2) is 0 Å². The summed E-state index contributed by atoms with van der Waals surface area (Å²) in [6, 6.07) is 9.96. The number of phenolic OH excluding ortho intramolecular Hbond substituents is 3. The van der Waals surface area contributed by atoms with Gasteiger partial charge in [0.25, 0.3) is 0 Å². The fourth-order valence-electron chi connectivity index (χ4n) is 1.75. The maximum Gasteiger partial charge on any atom is 0.158 e. The third-order valence-electron chi connectivity index (χ3n) is 2.77. The zero-order valence-electron chi connectivity index (χ0n) is 9.51. The second-order valence-corrected chi connectivity index (χ2v) is 3.90. The molecule has 2 aromatic rings. The van der Waals surface area contributed by atoms with Crippen molar-refractivity contribution < 1.29 is 15.3 Å². The molecule has 0 amide bonds. The van der Waals surface area contributed by atoms with Gasteiger partial charge in [0.15, 0.2) is 11.5 Å². The lowest BCUT2D eigenvalue weighted by Crippen LogP contribution is -1.84. The maximum atomic E-state index is 9.59. The van der Waals surface area contributed by atoms with E-state index in [2.05, 4.69) is 0 Å². The fourth-order valence-corrected chi connectivity index (χ4v) is 1.75. The van der Waals surface area contributed by atoms with E-state index in [4.69, 9.17) is 0 Å². The minimum absolute atomic E-state index is 0.136. The van der Waals surface area contributed by atoms with Crippen LogP contribution >= 0.6 is 0 Å². The van der Waals surface area contributed by atoms with E-state index in [0.717, 1.165) is 23.1 Å². The highest BCUT2D eigenvalue weighted by Gasteiger charge is 2.05. The Labute approximate surface area is 99.6 Å². The summed E-state index contributed by atoms with van der Waals surface area (Å²) in [7, 11) is 0. The number of hydrogen-bond donors (Lipinski definition) is 3. The van der Waals surface area contributed by atoms with Gasteiger partial charge in [-0.05, 0) is 47.4 Å². The molecular weight excluding hydrogens is 216 g/mol. The smallest absolute Gasteiger partial charge is 0.158 e. The van der Waals surface area contributed by atoms with Gasteiger partial charge < -0.3 is 15.3 Å². The van der Waals surface area contributed by atoms with Crippen LogP contribution in [-0.2, 0) is 6.42 Å². The second kappa shape index (κ2) is 4.37. The average molecular weight is 230 g/mol.